The molecule has 1 saturated heterocycles. The summed E-state index contributed by atoms with van der Waals surface area (Å²) in [5, 5.41) is 6.41. The van der Waals surface area contributed by atoms with Crippen molar-refractivity contribution < 1.29 is 27.5 Å². The topological polar surface area (TPSA) is 152 Å². The van der Waals surface area contributed by atoms with Crippen LogP contribution in [0, 0.1) is 5.92 Å². The summed E-state index contributed by atoms with van der Waals surface area (Å²) in [6, 6.07) is 14.6. The summed E-state index contributed by atoms with van der Waals surface area (Å²) in [4.78, 5) is 49.6. The zero-order valence-electron chi connectivity index (χ0n) is 31.1. The third-order valence-electron chi connectivity index (χ3n) is 11.5. The van der Waals surface area contributed by atoms with Gasteiger partial charge in [0.05, 0.1) is 22.3 Å². The van der Waals surface area contributed by atoms with Gasteiger partial charge in [-0.3, -0.25) is 23.7 Å². The Morgan fingerprint density at radius 3 is 2.57 bits per heavy atom. The number of aromatic nitrogens is 2. The van der Waals surface area contributed by atoms with Gasteiger partial charge in [-0.05, 0) is 89.5 Å². The van der Waals surface area contributed by atoms with Crippen LogP contribution in [0.15, 0.2) is 60.7 Å². The van der Waals surface area contributed by atoms with E-state index in [1.54, 1.807) is 11.8 Å². The van der Waals surface area contributed by atoms with Crippen LogP contribution in [0.5, 0.6) is 6.01 Å². The van der Waals surface area contributed by atoms with Crippen LogP contribution >= 0.6 is 0 Å². The normalized spacial score (nSPS) is 27.3. The van der Waals surface area contributed by atoms with Gasteiger partial charge in [-0.1, -0.05) is 62.2 Å². The van der Waals surface area contributed by atoms with Gasteiger partial charge in [0.15, 0.2) is 0 Å². The predicted octanol–water partition coefficient (Wildman–Crippen LogP) is 5.40. The second-order valence-electron chi connectivity index (χ2n) is 15.8. The van der Waals surface area contributed by atoms with Crippen molar-refractivity contribution in [1.29, 1.82) is 0 Å². The molecule has 13 heteroatoms. The second kappa shape index (κ2) is 14.4. The van der Waals surface area contributed by atoms with E-state index in [0.29, 0.717) is 25.3 Å². The van der Waals surface area contributed by atoms with Crippen LogP contribution < -0.4 is 20.1 Å². The van der Waals surface area contributed by atoms with E-state index in [1.165, 1.54) is 0 Å². The molecule has 0 spiro atoms. The Labute approximate surface area is 312 Å². The Morgan fingerprint density at radius 1 is 1.08 bits per heavy atom. The summed E-state index contributed by atoms with van der Waals surface area (Å²) < 4.78 is 36.4. The Morgan fingerprint density at radius 2 is 1.85 bits per heavy atom. The lowest BCUT2D eigenvalue weighted by Gasteiger charge is -2.30. The lowest BCUT2D eigenvalue weighted by molar-refractivity contribution is -0.140. The molecule has 3 amide bonds. The predicted molar refractivity (Wildman–Crippen MR) is 204 cm³/mol. The smallest absolute Gasteiger partial charge is 0.297 e. The number of fused-ring (bicyclic) bond motifs is 3. The molecule has 3 aromatic rings. The van der Waals surface area contributed by atoms with Crippen LogP contribution in [-0.2, 0) is 30.8 Å². The number of hydrogen-bond donors (Lipinski definition) is 3. The van der Waals surface area contributed by atoms with E-state index in [1.807, 2.05) is 59.2 Å². The largest absolute Gasteiger partial charge is 0.459 e. The van der Waals surface area contributed by atoms with Gasteiger partial charge >= 0.3 is 0 Å². The van der Waals surface area contributed by atoms with E-state index in [9.17, 15) is 22.8 Å². The number of rotatable bonds is 9. The van der Waals surface area contributed by atoms with Crippen molar-refractivity contribution in [3.05, 3.63) is 66.2 Å². The van der Waals surface area contributed by atoms with Crippen LogP contribution in [0.4, 0.5) is 5.69 Å². The molecule has 2 aromatic carbocycles. The fourth-order valence-corrected chi connectivity index (χ4v) is 9.16. The number of hydrogen-bond acceptors (Lipinski definition) is 8. The number of nitrogens with one attached hydrogen (secondary N) is 3. The lowest BCUT2D eigenvalue weighted by atomic mass is 10.0. The number of anilines is 1. The van der Waals surface area contributed by atoms with Crippen LogP contribution in [0.25, 0.3) is 11.0 Å². The van der Waals surface area contributed by atoms with Gasteiger partial charge < -0.3 is 20.3 Å². The number of benzene rings is 2. The zero-order chi connectivity index (χ0) is 37.5. The molecule has 12 nitrogen and oxygen atoms in total. The van der Waals surface area contributed by atoms with Crippen molar-refractivity contribution in [3.63, 3.8) is 0 Å². The monoisotopic (exact) mass is 744 g/mol. The highest BCUT2D eigenvalue weighted by atomic mass is 32.2. The number of nitrogens with zero attached hydrogens (tertiary/aromatic N) is 3. The molecule has 0 bridgehead atoms. The van der Waals surface area contributed by atoms with Gasteiger partial charge in [-0.15, -0.1) is 0 Å². The third-order valence-corrected chi connectivity index (χ3v) is 13.7. The minimum Gasteiger partial charge on any atom is -0.459 e. The van der Waals surface area contributed by atoms with Crippen molar-refractivity contribution in [2.75, 3.05) is 11.9 Å². The first-order valence-electron chi connectivity index (χ1n) is 19.2. The first-order chi connectivity index (χ1) is 25.4. The molecule has 3 heterocycles. The van der Waals surface area contributed by atoms with Crippen molar-refractivity contribution in [1.82, 2.24) is 24.5 Å². The van der Waals surface area contributed by atoms with Gasteiger partial charge in [0.25, 0.3) is 11.9 Å². The van der Waals surface area contributed by atoms with Crippen molar-refractivity contribution in [2.45, 2.75) is 126 Å². The van der Waals surface area contributed by atoms with E-state index in [4.69, 9.17) is 9.72 Å². The van der Waals surface area contributed by atoms with Crippen LogP contribution in [0.1, 0.15) is 97.1 Å². The molecule has 4 aliphatic rings. The molecule has 3 fully saturated rings. The average molecular weight is 745 g/mol. The van der Waals surface area contributed by atoms with Gasteiger partial charge in [0, 0.05) is 24.1 Å². The lowest BCUT2D eigenvalue weighted by Crippen LogP contribution is -2.58. The number of carbonyl (C=O) groups excluding carboxylic acids is 3. The number of sulfonamides is 1. The van der Waals surface area contributed by atoms with Gasteiger partial charge in [0.2, 0.25) is 21.8 Å². The maximum absolute atomic E-state index is 14.7. The number of para-hydroxylation sites is 2. The highest BCUT2D eigenvalue weighted by Gasteiger charge is 2.63. The Kier molecular flexibility index (Phi) is 10.1. The summed E-state index contributed by atoms with van der Waals surface area (Å²) in [5.41, 5.74) is 2.29. The van der Waals surface area contributed by atoms with E-state index in [0.717, 1.165) is 54.4 Å². The zero-order valence-corrected chi connectivity index (χ0v) is 32.0. The number of aryl methyl sites for hydroxylation is 1. The quantitative estimate of drug-likeness (QED) is 0.247. The van der Waals surface area contributed by atoms with Gasteiger partial charge in [-0.25, -0.2) is 8.42 Å². The van der Waals surface area contributed by atoms with Gasteiger partial charge in [-0.2, -0.15) is 4.98 Å². The molecule has 3 N–H and O–H groups in total. The fraction of sp³-hybridized carbons (Fsp3) is 0.550. The van der Waals surface area contributed by atoms with Crippen molar-refractivity contribution in [2.24, 2.45) is 5.92 Å². The summed E-state index contributed by atoms with van der Waals surface area (Å²) in [6.45, 7) is 7.98. The SMILES string of the molecule is CCc1cccc2c1nc(O[C@@H]1C[C@H]3C(=O)N[C@]4(C(=O)NS(=O)(=O)C5(C)CC5)C[C@H]4C=CCCCCC[C@H](Nc4ccccc4)C(=O)N3C1)n2C(C)C. The second-order valence-corrected chi connectivity index (χ2v) is 18.0. The third kappa shape index (κ3) is 7.28. The highest BCUT2D eigenvalue weighted by Crippen LogP contribution is 2.47. The highest BCUT2D eigenvalue weighted by molar-refractivity contribution is 7.91. The number of carbonyl (C=O) groups is 3. The molecule has 0 radical (unpaired) electrons. The van der Waals surface area contributed by atoms with E-state index in [-0.39, 0.29) is 37.3 Å². The first kappa shape index (κ1) is 36.9. The van der Waals surface area contributed by atoms with Crippen LogP contribution in [-0.4, -0.2) is 75.6 Å². The molecule has 2 aliphatic carbocycles. The number of allylic oxidation sites excluding steroid dienone is 1. The maximum Gasteiger partial charge on any atom is 0.297 e. The fourth-order valence-electron chi connectivity index (χ4n) is 7.85. The van der Waals surface area contributed by atoms with Crippen molar-refractivity contribution in [3.8, 4) is 6.01 Å². The number of ether oxygens (including phenoxy) is 1. The Hall–Kier alpha value is -4.39. The van der Waals surface area contributed by atoms with Crippen LogP contribution in [0.2, 0.25) is 0 Å². The maximum atomic E-state index is 14.7. The molecule has 284 valence electrons. The molecule has 53 heavy (non-hydrogen) atoms. The molecule has 2 saturated carbocycles. The molecule has 7 rings (SSSR count). The van der Waals surface area contributed by atoms with E-state index < -0.39 is 50.3 Å². The number of amides is 3. The van der Waals surface area contributed by atoms with Crippen LogP contribution in [0.3, 0.4) is 0 Å². The number of imidazole rings is 1. The minimum absolute atomic E-state index is 0.0331. The summed E-state index contributed by atoms with van der Waals surface area (Å²) in [7, 11) is -3.94. The minimum atomic E-state index is -3.94. The Balaban J connectivity index is 1.22. The molecule has 5 atom stereocenters. The first-order valence-corrected chi connectivity index (χ1v) is 20.7. The van der Waals surface area contributed by atoms with E-state index in [2.05, 4.69) is 42.2 Å². The van der Waals surface area contributed by atoms with Gasteiger partial charge in [0.1, 0.15) is 23.7 Å². The van der Waals surface area contributed by atoms with E-state index >= 15 is 0 Å². The molecule has 2 aliphatic heterocycles. The molecular weight excluding hydrogens is 693 g/mol. The summed E-state index contributed by atoms with van der Waals surface area (Å²) in [6.07, 6.45) is 9.52. The average Bonchev–Trinajstić information content (AvgIpc) is 3.95. The molecule has 1 aromatic heterocycles. The molecule has 0 unspecified atom stereocenters. The van der Waals surface area contributed by atoms with Crippen molar-refractivity contribution >= 4 is 44.5 Å². The Bertz CT molecular complexity index is 2010. The summed E-state index contributed by atoms with van der Waals surface area (Å²) in [5.74, 6) is -1.84. The molecular formula is C40H52N6O6S. The summed E-state index contributed by atoms with van der Waals surface area (Å²) >= 11 is 0. The standard InChI is InChI=1S/C40H52N6O6S/c1-5-27-15-14-20-32-34(27)42-38(46(32)26(2)3)52-30-23-33-35(47)43-40(37(49)44-53(50,51)39(4)21-22-39)24-28(40)16-10-7-6-8-13-19-31(36(48)45(33)25-30)41-29-17-11-9-12-18-29/h9-12,14-18,20,26,28,30-31,33,41H,5-8,13,19,21-25H2,1-4H3,(H,43,47)(H,44,49)/t28-,30-,31+,33+,40-/m1/s1.